The van der Waals surface area contributed by atoms with Crippen LogP contribution in [0.25, 0.3) is 0 Å². The summed E-state index contributed by atoms with van der Waals surface area (Å²) in [5.41, 5.74) is 1.32. The standard InChI is InChI=1S/C18H34N2O3Si.C4H10/c1-4-21-24(22-5-2,23-6-3)16-10-13-19-14-15-20-17-18-11-8-7-9-12-18;1-3-4-2/h7-9,11-12,19-20H,4-6,10,13-17H2,1-3H3;3-4H2,1-2H3. The van der Waals surface area contributed by atoms with E-state index < -0.39 is 8.80 Å². The Balaban J connectivity index is 0.00000165. The van der Waals surface area contributed by atoms with Crippen molar-refractivity contribution in [3.63, 3.8) is 0 Å². The lowest BCUT2D eigenvalue weighted by molar-refractivity contribution is 0.0708. The zero-order valence-electron chi connectivity index (χ0n) is 18.9. The Morgan fingerprint density at radius 1 is 0.714 bits per heavy atom. The Bertz CT molecular complexity index is 416. The lowest BCUT2D eigenvalue weighted by Crippen LogP contribution is -2.46. The molecule has 0 atom stereocenters. The van der Waals surface area contributed by atoms with Gasteiger partial charge in [0.25, 0.3) is 0 Å². The first kappa shape index (κ1) is 27.2. The molecule has 0 aliphatic rings. The average Bonchev–Trinajstić information content (AvgIpc) is 2.71. The molecule has 0 radical (unpaired) electrons. The van der Waals surface area contributed by atoms with Gasteiger partial charge in [-0.15, -0.1) is 0 Å². The maximum absolute atomic E-state index is 5.86. The highest BCUT2D eigenvalue weighted by Crippen LogP contribution is 2.17. The van der Waals surface area contributed by atoms with Crippen LogP contribution in [0.15, 0.2) is 30.3 Å². The zero-order valence-corrected chi connectivity index (χ0v) is 19.9. The van der Waals surface area contributed by atoms with Gasteiger partial charge in [-0.25, -0.2) is 0 Å². The first-order valence-corrected chi connectivity index (χ1v) is 13.0. The molecule has 0 saturated carbocycles. The Labute approximate surface area is 174 Å². The summed E-state index contributed by atoms with van der Waals surface area (Å²) >= 11 is 0. The molecule has 2 N–H and O–H groups in total. The van der Waals surface area contributed by atoms with Crippen molar-refractivity contribution in [2.45, 2.75) is 66.5 Å². The van der Waals surface area contributed by atoms with Crippen LogP contribution in [0, 0.1) is 0 Å². The summed E-state index contributed by atoms with van der Waals surface area (Å²) in [6.07, 6.45) is 3.64. The Kier molecular flexibility index (Phi) is 19.0. The molecule has 1 aromatic rings. The number of benzene rings is 1. The van der Waals surface area contributed by atoms with Crippen molar-refractivity contribution in [3.05, 3.63) is 35.9 Å². The highest BCUT2D eigenvalue weighted by molar-refractivity contribution is 6.60. The SMILES string of the molecule is CCCC.CCO[Si](CCCNCCNCc1ccccc1)(OCC)OCC. The van der Waals surface area contributed by atoms with Crippen molar-refractivity contribution < 1.29 is 13.3 Å². The van der Waals surface area contributed by atoms with E-state index in [1.165, 1.54) is 18.4 Å². The van der Waals surface area contributed by atoms with Gasteiger partial charge in [0.15, 0.2) is 0 Å². The van der Waals surface area contributed by atoms with Gasteiger partial charge in [0.05, 0.1) is 0 Å². The van der Waals surface area contributed by atoms with E-state index in [9.17, 15) is 0 Å². The van der Waals surface area contributed by atoms with Crippen molar-refractivity contribution >= 4 is 8.80 Å². The topological polar surface area (TPSA) is 51.8 Å². The fourth-order valence-electron chi connectivity index (χ4n) is 2.56. The van der Waals surface area contributed by atoms with Gasteiger partial charge in [-0.2, -0.15) is 0 Å². The van der Waals surface area contributed by atoms with Crippen molar-refractivity contribution in [2.75, 3.05) is 39.5 Å². The van der Waals surface area contributed by atoms with E-state index >= 15 is 0 Å². The minimum atomic E-state index is -2.47. The number of nitrogens with one attached hydrogen (secondary N) is 2. The van der Waals surface area contributed by atoms with Crippen LogP contribution in [0.3, 0.4) is 0 Å². The molecule has 0 amide bonds. The molecular formula is C22H44N2O3Si. The molecule has 0 unspecified atom stereocenters. The monoisotopic (exact) mass is 412 g/mol. The smallest absolute Gasteiger partial charge is 0.374 e. The minimum Gasteiger partial charge on any atom is -0.374 e. The first-order valence-electron chi connectivity index (χ1n) is 11.0. The van der Waals surface area contributed by atoms with Crippen LogP contribution in [0.1, 0.15) is 59.4 Å². The highest BCUT2D eigenvalue weighted by Gasteiger charge is 2.39. The molecule has 1 rings (SSSR count). The molecule has 0 aliphatic heterocycles. The summed E-state index contributed by atoms with van der Waals surface area (Å²) in [5, 5.41) is 6.91. The summed E-state index contributed by atoms with van der Waals surface area (Å²) in [6.45, 7) is 16.1. The van der Waals surface area contributed by atoms with Gasteiger partial charge in [0, 0.05) is 45.5 Å². The molecule has 0 aromatic heterocycles. The second kappa shape index (κ2) is 19.5. The molecule has 0 heterocycles. The summed E-state index contributed by atoms with van der Waals surface area (Å²) in [5.74, 6) is 0. The average molecular weight is 413 g/mol. The van der Waals surface area contributed by atoms with Crippen LogP contribution in [-0.4, -0.2) is 48.3 Å². The van der Waals surface area contributed by atoms with Gasteiger partial charge in [-0.3, -0.25) is 0 Å². The van der Waals surface area contributed by atoms with Gasteiger partial charge in [0.1, 0.15) is 0 Å². The molecule has 28 heavy (non-hydrogen) atoms. The molecule has 0 bridgehead atoms. The Hall–Kier alpha value is -0.763. The van der Waals surface area contributed by atoms with Crippen molar-refractivity contribution in [2.24, 2.45) is 0 Å². The van der Waals surface area contributed by atoms with E-state index in [1.54, 1.807) is 0 Å². The maximum Gasteiger partial charge on any atom is 0.500 e. The molecular weight excluding hydrogens is 368 g/mol. The van der Waals surface area contributed by atoms with Crippen LogP contribution in [0.4, 0.5) is 0 Å². The highest BCUT2D eigenvalue weighted by atomic mass is 28.4. The van der Waals surface area contributed by atoms with Crippen LogP contribution in [0.5, 0.6) is 0 Å². The second-order valence-corrected chi connectivity index (χ2v) is 9.23. The van der Waals surface area contributed by atoms with Crippen molar-refractivity contribution in [1.29, 1.82) is 0 Å². The van der Waals surface area contributed by atoms with Gasteiger partial charge >= 0.3 is 8.80 Å². The molecule has 0 fully saturated rings. The quantitative estimate of drug-likeness (QED) is 0.307. The molecule has 5 nitrogen and oxygen atoms in total. The molecule has 6 heteroatoms. The van der Waals surface area contributed by atoms with E-state index in [0.29, 0.717) is 19.8 Å². The van der Waals surface area contributed by atoms with Gasteiger partial charge in [-0.05, 0) is 39.3 Å². The minimum absolute atomic E-state index is 0.642. The summed E-state index contributed by atoms with van der Waals surface area (Å²) in [6, 6.07) is 11.3. The lowest BCUT2D eigenvalue weighted by Gasteiger charge is -2.28. The Morgan fingerprint density at radius 2 is 1.25 bits per heavy atom. The van der Waals surface area contributed by atoms with Crippen LogP contribution >= 0.6 is 0 Å². The van der Waals surface area contributed by atoms with E-state index in [1.807, 2.05) is 26.8 Å². The largest absolute Gasteiger partial charge is 0.500 e. The van der Waals surface area contributed by atoms with Gasteiger partial charge in [-0.1, -0.05) is 57.0 Å². The zero-order chi connectivity index (χ0) is 20.9. The van der Waals surface area contributed by atoms with E-state index in [0.717, 1.165) is 38.6 Å². The molecule has 0 saturated heterocycles. The van der Waals surface area contributed by atoms with Gasteiger partial charge < -0.3 is 23.9 Å². The second-order valence-electron chi connectivity index (χ2n) is 6.50. The first-order chi connectivity index (χ1) is 13.7. The van der Waals surface area contributed by atoms with Crippen molar-refractivity contribution in [1.82, 2.24) is 10.6 Å². The third-order valence-electron chi connectivity index (χ3n) is 4.08. The summed E-state index contributed by atoms with van der Waals surface area (Å²) in [7, 11) is -2.47. The maximum atomic E-state index is 5.86. The third kappa shape index (κ3) is 14.3. The molecule has 1 aromatic carbocycles. The predicted molar refractivity (Wildman–Crippen MR) is 122 cm³/mol. The summed E-state index contributed by atoms with van der Waals surface area (Å²) < 4.78 is 17.6. The number of hydrogen-bond donors (Lipinski definition) is 2. The summed E-state index contributed by atoms with van der Waals surface area (Å²) in [4.78, 5) is 0. The van der Waals surface area contributed by atoms with Crippen LogP contribution in [-0.2, 0) is 19.8 Å². The third-order valence-corrected chi connectivity index (χ3v) is 7.23. The molecule has 0 spiro atoms. The van der Waals surface area contributed by atoms with E-state index in [2.05, 4.69) is 48.7 Å². The van der Waals surface area contributed by atoms with Crippen LogP contribution < -0.4 is 10.6 Å². The Morgan fingerprint density at radius 3 is 1.75 bits per heavy atom. The van der Waals surface area contributed by atoms with E-state index in [4.69, 9.17) is 13.3 Å². The normalized spacial score (nSPS) is 11.2. The number of unbranched alkanes of at least 4 members (excludes halogenated alkanes) is 1. The lowest BCUT2D eigenvalue weighted by atomic mass is 10.2. The number of hydrogen-bond acceptors (Lipinski definition) is 5. The molecule has 164 valence electrons. The van der Waals surface area contributed by atoms with E-state index in [-0.39, 0.29) is 0 Å². The van der Waals surface area contributed by atoms with Gasteiger partial charge in [0.2, 0.25) is 0 Å². The van der Waals surface area contributed by atoms with Crippen molar-refractivity contribution in [3.8, 4) is 0 Å². The predicted octanol–water partition coefficient (Wildman–Crippen LogP) is 4.61. The fourth-order valence-corrected chi connectivity index (χ4v) is 5.17. The molecule has 0 aliphatic carbocycles. The van der Waals surface area contributed by atoms with Crippen LogP contribution in [0.2, 0.25) is 6.04 Å². The number of rotatable bonds is 16. The fraction of sp³-hybridized carbons (Fsp3) is 0.727.